The molecule has 1 N–H and O–H groups in total. The highest BCUT2D eigenvalue weighted by Gasteiger charge is 2.50. The van der Waals surface area contributed by atoms with Crippen molar-refractivity contribution in [3.63, 3.8) is 0 Å². The molecule has 70 valence electrons. The zero-order chi connectivity index (χ0) is 9.47. The number of aliphatic carboxylic acids is 1. The van der Waals surface area contributed by atoms with Crippen LogP contribution in [0.1, 0.15) is 18.5 Å². The Morgan fingerprint density at radius 2 is 2.46 bits per heavy atom. The maximum absolute atomic E-state index is 10.9. The van der Waals surface area contributed by atoms with E-state index in [4.69, 9.17) is 5.11 Å². The summed E-state index contributed by atoms with van der Waals surface area (Å²) in [4.78, 5) is 15.0. The molecule has 1 heterocycles. The first-order valence-corrected chi connectivity index (χ1v) is 5.63. The lowest BCUT2D eigenvalue weighted by Crippen LogP contribution is -2.17. The van der Waals surface area contributed by atoms with Gasteiger partial charge in [0.2, 0.25) is 0 Å². The van der Waals surface area contributed by atoms with E-state index in [0.29, 0.717) is 6.42 Å². The van der Waals surface area contributed by atoms with Gasteiger partial charge in [0.05, 0.1) is 11.1 Å². The van der Waals surface area contributed by atoms with Crippen molar-refractivity contribution in [2.75, 3.05) is 0 Å². The number of hydrogen-bond donors (Lipinski definition) is 1. The summed E-state index contributed by atoms with van der Waals surface area (Å²) in [7, 11) is 0. The van der Waals surface area contributed by atoms with Crippen LogP contribution in [0.5, 0.6) is 0 Å². The van der Waals surface area contributed by atoms with Crippen LogP contribution in [0.25, 0.3) is 0 Å². The minimum atomic E-state index is -0.684. The minimum absolute atomic E-state index is 0.493. The molecule has 0 unspecified atom stereocenters. The number of nitrogens with zero attached hydrogens (tertiary/aromatic N) is 1. The monoisotopic (exact) mass is 261 g/mol. The Bertz CT molecular complexity index is 346. The number of halogens is 1. The molecule has 0 amide bonds. The maximum Gasteiger partial charge on any atom is 0.310 e. The van der Waals surface area contributed by atoms with E-state index in [0.717, 1.165) is 22.5 Å². The molecule has 3 nitrogen and oxygen atoms in total. The Morgan fingerprint density at radius 1 is 1.77 bits per heavy atom. The van der Waals surface area contributed by atoms with Crippen molar-refractivity contribution in [1.82, 2.24) is 4.98 Å². The third kappa shape index (κ3) is 1.76. The second-order valence-corrected chi connectivity index (χ2v) is 5.49. The molecule has 1 aromatic heterocycles. The first-order valence-electron chi connectivity index (χ1n) is 3.96. The highest BCUT2D eigenvalue weighted by atomic mass is 79.9. The Morgan fingerprint density at radius 3 is 2.85 bits per heavy atom. The average molecular weight is 262 g/mol. The van der Waals surface area contributed by atoms with Crippen molar-refractivity contribution < 1.29 is 9.90 Å². The molecule has 0 saturated heterocycles. The highest BCUT2D eigenvalue weighted by molar-refractivity contribution is 9.11. The van der Waals surface area contributed by atoms with Crippen molar-refractivity contribution in [2.24, 2.45) is 5.41 Å². The molecule has 13 heavy (non-hydrogen) atoms. The van der Waals surface area contributed by atoms with Crippen LogP contribution in [0.2, 0.25) is 0 Å². The van der Waals surface area contributed by atoms with Crippen LogP contribution in [0.15, 0.2) is 9.30 Å². The summed E-state index contributed by atoms with van der Waals surface area (Å²) < 4.78 is 0.823. The van der Waals surface area contributed by atoms with Gasteiger partial charge in [0.15, 0.2) is 3.92 Å². The number of carboxylic acids is 1. The fraction of sp³-hybridized carbons (Fsp3) is 0.500. The van der Waals surface area contributed by atoms with Crippen molar-refractivity contribution in [1.29, 1.82) is 0 Å². The number of hydrogen-bond acceptors (Lipinski definition) is 3. The average Bonchev–Trinajstić information content (AvgIpc) is 2.72. The predicted octanol–water partition coefficient (Wildman–Crippen LogP) is 2.31. The van der Waals surface area contributed by atoms with Crippen LogP contribution in [-0.2, 0) is 11.2 Å². The topological polar surface area (TPSA) is 50.2 Å². The van der Waals surface area contributed by atoms with E-state index in [9.17, 15) is 4.79 Å². The molecule has 0 aromatic carbocycles. The number of carboxylic acid groups (broad SMARTS) is 1. The van der Waals surface area contributed by atoms with E-state index in [1.807, 2.05) is 5.38 Å². The lowest BCUT2D eigenvalue weighted by atomic mass is 10.0. The molecule has 5 heteroatoms. The van der Waals surface area contributed by atoms with Gasteiger partial charge in [-0.1, -0.05) is 0 Å². The fourth-order valence-corrected chi connectivity index (χ4v) is 2.37. The van der Waals surface area contributed by atoms with E-state index in [-0.39, 0.29) is 0 Å². The van der Waals surface area contributed by atoms with Crippen molar-refractivity contribution in [3.05, 3.63) is 15.0 Å². The van der Waals surface area contributed by atoms with E-state index in [1.54, 1.807) is 0 Å². The van der Waals surface area contributed by atoms with Gasteiger partial charge in [0, 0.05) is 11.8 Å². The van der Waals surface area contributed by atoms with E-state index in [1.165, 1.54) is 11.3 Å². The molecule has 0 spiro atoms. The van der Waals surface area contributed by atoms with Gasteiger partial charge in [-0.3, -0.25) is 4.79 Å². The van der Waals surface area contributed by atoms with Gasteiger partial charge in [-0.05, 0) is 28.8 Å². The summed E-state index contributed by atoms with van der Waals surface area (Å²) in [5.74, 6) is -0.684. The summed E-state index contributed by atoms with van der Waals surface area (Å²) in [6, 6.07) is 0. The summed E-state index contributed by atoms with van der Waals surface area (Å²) in [5.41, 5.74) is 0.393. The first kappa shape index (κ1) is 9.15. The van der Waals surface area contributed by atoms with Gasteiger partial charge in [0.25, 0.3) is 0 Å². The van der Waals surface area contributed by atoms with Crippen LogP contribution in [0, 0.1) is 5.41 Å². The molecule has 0 bridgehead atoms. The Kier molecular flexibility index (Phi) is 2.15. The van der Waals surface area contributed by atoms with Gasteiger partial charge in [-0.2, -0.15) is 0 Å². The molecule has 1 aromatic rings. The molecule has 1 aliphatic rings. The van der Waals surface area contributed by atoms with Crippen LogP contribution < -0.4 is 0 Å². The van der Waals surface area contributed by atoms with Crippen LogP contribution in [-0.4, -0.2) is 16.1 Å². The Balaban J connectivity index is 2.10. The minimum Gasteiger partial charge on any atom is -0.481 e. The van der Waals surface area contributed by atoms with Gasteiger partial charge in [0.1, 0.15) is 0 Å². The predicted molar refractivity (Wildman–Crippen MR) is 52.8 cm³/mol. The third-order valence-electron chi connectivity index (χ3n) is 2.35. The van der Waals surface area contributed by atoms with E-state index >= 15 is 0 Å². The molecule has 0 atom stereocenters. The number of aromatic nitrogens is 1. The van der Waals surface area contributed by atoms with Gasteiger partial charge < -0.3 is 5.11 Å². The first-order chi connectivity index (χ1) is 6.12. The quantitative estimate of drug-likeness (QED) is 0.909. The molecular weight excluding hydrogens is 254 g/mol. The smallest absolute Gasteiger partial charge is 0.310 e. The van der Waals surface area contributed by atoms with Crippen LogP contribution >= 0.6 is 27.3 Å². The highest BCUT2D eigenvalue weighted by Crippen LogP contribution is 2.48. The zero-order valence-electron chi connectivity index (χ0n) is 6.79. The lowest BCUT2D eigenvalue weighted by molar-refractivity contribution is -0.143. The second-order valence-electron chi connectivity index (χ2n) is 3.35. The molecule has 1 fully saturated rings. The molecule has 0 aliphatic heterocycles. The largest absolute Gasteiger partial charge is 0.481 e. The Hall–Kier alpha value is -0.420. The second kappa shape index (κ2) is 3.06. The van der Waals surface area contributed by atoms with Crippen molar-refractivity contribution >= 4 is 33.2 Å². The zero-order valence-corrected chi connectivity index (χ0v) is 9.19. The number of rotatable bonds is 3. The summed E-state index contributed by atoms with van der Waals surface area (Å²) >= 11 is 4.75. The molecule has 2 rings (SSSR count). The SMILES string of the molecule is O=C(O)C1(Cc2csc(Br)n2)CC1. The summed E-state index contributed by atoms with van der Waals surface area (Å²) in [6.45, 7) is 0. The molecule has 0 radical (unpaired) electrons. The molecule has 1 saturated carbocycles. The van der Waals surface area contributed by atoms with Gasteiger partial charge in [-0.25, -0.2) is 4.98 Å². The van der Waals surface area contributed by atoms with Crippen LogP contribution in [0.3, 0.4) is 0 Å². The summed E-state index contributed by atoms with van der Waals surface area (Å²) in [6.07, 6.45) is 2.15. The molecular formula is C8H8BrNO2S. The molecule has 1 aliphatic carbocycles. The van der Waals surface area contributed by atoms with Crippen molar-refractivity contribution in [3.8, 4) is 0 Å². The Labute approximate surface area is 87.9 Å². The fourth-order valence-electron chi connectivity index (χ4n) is 1.33. The van der Waals surface area contributed by atoms with E-state index < -0.39 is 11.4 Å². The third-order valence-corrected chi connectivity index (χ3v) is 3.76. The van der Waals surface area contributed by atoms with Gasteiger partial charge in [-0.15, -0.1) is 11.3 Å². The van der Waals surface area contributed by atoms with Crippen molar-refractivity contribution in [2.45, 2.75) is 19.3 Å². The number of carbonyl (C=O) groups is 1. The standard InChI is InChI=1S/C8H8BrNO2S/c9-7-10-5(4-13-7)3-8(1-2-8)6(11)12/h4H,1-3H2,(H,11,12). The number of thiazole rings is 1. The van der Waals surface area contributed by atoms with E-state index in [2.05, 4.69) is 20.9 Å². The van der Waals surface area contributed by atoms with Gasteiger partial charge >= 0.3 is 5.97 Å². The normalized spacial score (nSPS) is 18.5. The maximum atomic E-state index is 10.9. The lowest BCUT2D eigenvalue weighted by Gasteiger charge is -2.05. The van der Waals surface area contributed by atoms with Crippen LogP contribution in [0.4, 0.5) is 0 Å². The summed E-state index contributed by atoms with van der Waals surface area (Å²) in [5, 5.41) is 10.8.